The highest BCUT2D eigenvalue weighted by atomic mass is 32.2. The summed E-state index contributed by atoms with van der Waals surface area (Å²) in [7, 11) is -3.92. The Bertz CT molecular complexity index is 1060. The molecule has 8 heteroatoms. The van der Waals surface area contributed by atoms with Crippen molar-refractivity contribution in [2.24, 2.45) is 5.92 Å². The van der Waals surface area contributed by atoms with Crippen LogP contribution in [0, 0.1) is 5.92 Å². The lowest BCUT2D eigenvalue weighted by molar-refractivity contribution is -0.120. The van der Waals surface area contributed by atoms with Gasteiger partial charge in [-0.3, -0.25) is 4.79 Å². The molecule has 1 amide bonds. The van der Waals surface area contributed by atoms with Crippen LogP contribution in [0.15, 0.2) is 59.5 Å². The number of aromatic nitrogens is 1. The standard InChI is InChI=1S/C20H21N3O3S2/c1-14(15-11-12-15)21-19(24)13-23(28(25,26)16-7-3-2-4-8-16)20-22-17-9-5-6-10-18(17)27-20/h2-10,14-15H,11-13H2,1H3,(H,21,24)/t14-/m0/s1. The minimum atomic E-state index is -3.92. The number of thiazole rings is 1. The van der Waals surface area contributed by atoms with Gasteiger partial charge in [0.1, 0.15) is 6.54 Å². The molecule has 0 spiro atoms. The highest BCUT2D eigenvalue weighted by molar-refractivity contribution is 7.93. The molecule has 2 aromatic carbocycles. The number of hydrogen-bond acceptors (Lipinski definition) is 5. The van der Waals surface area contributed by atoms with Gasteiger partial charge in [0, 0.05) is 6.04 Å². The summed E-state index contributed by atoms with van der Waals surface area (Å²) in [5.41, 5.74) is 0.711. The number of benzene rings is 2. The number of nitrogens with zero attached hydrogens (tertiary/aromatic N) is 2. The zero-order valence-corrected chi connectivity index (χ0v) is 17.0. The third-order valence-corrected chi connectivity index (χ3v) is 7.76. The maximum Gasteiger partial charge on any atom is 0.266 e. The molecule has 4 rings (SSSR count). The molecule has 0 aliphatic heterocycles. The minimum Gasteiger partial charge on any atom is -0.352 e. The largest absolute Gasteiger partial charge is 0.352 e. The quantitative estimate of drug-likeness (QED) is 0.641. The fraction of sp³-hybridized carbons (Fsp3) is 0.300. The van der Waals surface area contributed by atoms with Gasteiger partial charge in [-0.15, -0.1) is 0 Å². The average Bonchev–Trinajstić information content (AvgIpc) is 3.46. The average molecular weight is 416 g/mol. The van der Waals surface area contributed by atoms with Crippen molar-refractivity contribution < 1.29 is 13.2 Å². The molecule has 1 aromatic heterocycles. The number of para-hydroxylation sites is 1. The second-order valence-corrected chi connectivity index (χ2v) is 9.85. The maximum absolute atomic E-state index is 13.3. The summed E-state index contributed by atoms with van der Waals surface area (Å²) in [6.45, 7) is 1.66. The van der Waals surface area contributed by atoms with Gasteiger partial charge in [-0.25, -0.2) is 17.7 Å². The van der Waals surface area contributed by atoms with Crippen LogP contribution in [0.5, 0.6) is 0 Å². The van der Waals surface area contributed by atoms with Crippen molar-refractivity contribution in [1.82, 2.24) is 10.3 Å². The van der Waals surface area contributed by atoms with E-state index in [1.54, 1.807) is 18.2 Å². The van der Waals surface area contributed by atoms with Gasteiger partial charge in [-0.05, 0) is 49.9 Å². The summed E-state index contributed by atoms with van der Waals surface area (Å²) < 4.78 is 28.6. The summed E-state index contributed by atoms with van der Waals surface area (Å²) in [5.74, 6) is 0.170. The van der Waals surface area contributed by atoms with Crippen molar-refractivity contribution in [2.75, 3.05) is 10.8 Å². The SMILES string of the molecule is C[C@H](NC(=O)CN(c1nc2ccccc2s1)S(=O)(=O)c1ccccc1)C1CC1. The first-order chi connectivity index (χ1) is 13.4. The van der Waals surface area contributed by atoms with Gasteiger partial charge in [0.05, 0.1) is 15.1 Å². The van der Waals surface area contributed by atoms with Crippen molar-refractivity contribution >= 4 is 42.6 Å². The van der Waals surface area contributed by atoms with Gasteiger partial charge >= 0.3 is 0 Å². The normalized spacial score (nSPS) is 15.3. The Labute approximate surface area is 168 Å². The first-order valence-corrected chi connectivity index (χ1v) is 11.4. The van der Waals surface area contributed by atoms with E-state index >= 15 is 0 Å². The summed E-state index contributed by atoms with van der Waals surface area (Å²) in [4.78, 5) is 17.2. The smallest absolute Gasteiger partial charge is 0.266 e. The molecule has 0 bridgehead atoms. The van der Waals surface area contributed by atoms with Crippen LogP contribution in [-0.2, 0) is 14.8 Å². The fourth-order valence-electron chi connectivity index (χ4n) is 3.09. The van der Waals surface area contributed by atoms with E-state index in [2.05, 4.69) is 10.3 Å². The van der Waals surface area contributed by atoms with Crippen LogP contribution in [0.25, 0.3) is 10.2 Å². The number of anilines is 1. The predicted molar refractivity (Wildman–Crippen MR) is 111 cm³/mol. The van der Waals surface area contributed by atoms with Gasteiger partial charge in [0.25, 0.3) is 10.0 Å². The second-order valence-electron chi connectivity index (χ2n) is 6.98. The predicted octanol–water partition coefficient (Wildman–Crippen LogP) is 3.41. The van der Waals surface area contributed by atoms with E-state index in [4.69, 9.17) is 0 Å². The van der Waals surface area contributed by atoms with E-state index in [0.717, 1.165) is 21.8 Å². The summed E-state index contributed by atoms with van der Waals surface area (Å²) in [6, 6.07) is 15.6. The van der Waals surface area contributed by atoms with E-state index in [9.17, 15) is 13.2 Å². The number of nitrogens with one attached hydrogen (secondary N) is 1. The van der Waals surface area contributed by atoms with Crippen LogP contribution in [0.2, 0.25) is 0 Å². The van der Waals surface area contributed by atoms with Crippen molar-refractivity contribution in [1.29, 1.82) is 0 Å². The Morgan fingerprint density at radius 2 is 1.86 bits per heavy atom. The molecule has 0 saturated heterocycles. The molecule has 1 fully saturated rings. The Balaban J connectivity index is 1.69. The van der Waals surface area contributed by atoms with Crippen LogP contribution >= 0.6 is 11.3 Å². The van der Waals surface area contributed by atoms with E-state index < -0.39 is 10.0 Å². The van der Waals surface area contributed by atoms with E-state index in [1.165, 1.54) is 23.5 Å². The second kappa shape index (κ2) is 7.52. The number of hydrogen-bond donors (Lipinski definition) is 1. The number of rotatable bonds is 7. The Hall–Kier alpha value is -2.45. The lowest BCUT2D eigenvalue weighted by Gasteiger charge is -2.22. The summed E-state index contributed by atoms with van der Waals surface area (Å²) in [5, 5.41) is 3.22. The third kappa shape index (κ3) is 3.88. The molecule has 0 unspecified atom stereocenters. The monoisotopic (exact) mass is 415 g/mol. The van der Waals surface area contributed by atoms with Crippen LogP contribution < -0.4 is 9.62 Å². The number of carbonyl (C=O) groups excluding carboxylic acids is 1. The highest BCUT2D eigenvalue weighted by Crippen LogP contribution is 2.33. The third-order valence-electron chi connectivity index (χ3n) is 4.83. The molecule has 1 aliphatic carbocycles. The molecule has 1 saturated carbocycles. The Kier molecular flexibility index (Phi) is 5.07. The van der Waals surface area contributed by atoms with Crippen LogP contribution in [0.4, 0.5) is 5.13 Å². The van der Waals surface area contributed by atoms with Crippen molar-refractivity contribution in [3.8, 4) is 0 Å². The molecule has 6 nitrogen and oxygen atoms in total. The summed E-state index contributed by atoms with van der Waals surface area (Å²) in [6.07, 6.45) is 2.21. The zero-order valence-electron chi connectivity index (χ0n) is 15.4. The number of fused-ring (bicyclic) bond motifs is 1. The van der Waals surface area contributed by atoms with Gasteiger partial charge < -0.3 is 5.32 Å². The lowest BCUT2D eigenvalue weighted by atomic mass is 10.2. The Morgan fingerprint density at radius 1 is 1.18 bits per heavy atom. The van der Waals surface area contributed by atoms with Crippen LogP contribution in [0.3, 0.4) is 0 Å². The van der Waals surface area contributed by atoms with E-state index in [1.807, 2.05) is 31.2 Å². The number of sulfonamides is 1. The van der Waals surface area contributed by atoms with E-state index in [-0.39, 0.29) is 23.4 Å². The van der Waals surface area contributed by atoms with Gasteiger partial charge in [0.2, 0.25) is 11.0 Å². The highest BCUT2D eigenvalue weighted by Gasteiger charge is 2.32. The van der Waals surface area contributed by atoms with Gasteiger partial charge in [0.15, 0.2) is 0 Å². The molecule has 146 valence electrons. The molecule has 1 aliphatic rings. The number of carbonyl (C=O) groups is 1. The fourth-order valence-corrected chi connectivity index (χ4v) is 5.65. The van der Waals surface area contributed by atoms with E-state index in [0.29, 0.717) is 16.6 Å². The molecule has 1 N–H and O–H groups in total. The minimum absolute atomic E-state index is 0.0455. The lowest BCUT2D eigenvalue weighted by Crippen LogP contribution is -2.44. The summed E-state index contributed by atoms with van der Waals surface area (Å²) >= 11 is 1.26. The van der Waals surface area contributed by atoms with Crippen molar-refractivity contribution in [3.05, 3.63) is 54.6 Å². The van der Waals surface area contributed by atoms with Crippen LogP contribution in [-0.4, -0.2) is 31.9 Å². The molecule has 1 heterocycles. The van der Waals surface area contributed by atoms with Crippen molar-refractivity contribution in [3.63, 3.8) is 0 Å². The van der Waals surface area contributed by atoms with Crippen molar-refractivity contribution in [2.45, 2.75) is 30.7 Å². The molecule has 1 atom stereocenters. The topological polar surface area (TPSA) is 79.4 Å². The van der Waals surface area contributed by atoms with Crippen LogP contribution in [0.1, 0.15) is 19.8 Å². The first kappa shape index (κ1) is 18.9. The molecule has 0 radical (unpaired) electrons. The Morgan fingerprint density at radius 3 is 2.54 bits per heavy atom. The van der Waals surface area contributed by atoms with Gasteiger partial charge in [-0.2, -0.15) is 0 Å². The van der Waals surface area contributed by atoms with Gasteiger partial charge in [-0.1, -0.05) is 41.7 Å². The number of amides is 1. The molecular weight excluding hydrogens is 394 g/mol. The first-order valence-electron chi connectivity index (χ1n) is 9.18. The zero-order chi connectivity index (χ0) is 19.7. The molecular formula is C20H21N3O3S2. The molecule has 28 heavy (non-hydrogen) atoms. The molecule has 3 aromatic rings. The maximum atomic E-state index is 13.3.